The molecule has 0 aromatic rings. The smallest absolute Gasteiger partial charge is 0.246 e. The Morgan fingerprint density at radius 1 is 1.12 bits per heavy atom. The number of unbranched alkanes of at least 4 members (excludes halogenated alkanes) is 1. The lowest BCUT2D eigenvalue weighted by Crippen LogP contribution is -2.73. The Hall–Kier alpha value is -1.14. The second-order valence-corrected chi connectivity index (χ2v) is 8.14. The molecule has 25 heavy (non-hydrogen) atoms. The van der Waals surface area contributed by atoms with E-state index >= 15 is 0 Å². The van der Waals surface area contributed by atoms with E-state index in [0.717, 1.165) is 58.0 Å². The Kier molecular flexibility index (Phi) is 5.68. The SMILES string of the molecule is CCCCN1C(=O)[C@@H](CC2(O)CCCCC2)NC(=O)C12CCNCC2. The highest BCUT2D eigenvalue weighted by atomic mass is 16.3. The summed E-state index contributed by atoms with van der Waals surface area (Å²) >= 11 is 0. The predicted octanol–water partition coefficient (Wildman–Crippen LogP) is 1.32. The lowest BCUT2D eigenvalue weighted by atomic mass is 9.77. The number of hydrogen-bond donors (Lipinski definition) is 3. The molecule has 0 aromatic heterocycles. The second kappa shape index (κ2) is 7.62. The van der Waals surface area contributed by atoms with Gasteiger partial charge in [-0.25, -0.2) is 0 Å². The number of piperidine rings is 1. The quantitative estimate of drug-likeness (QED) is 0.698. The number of carbonyl (C=O) groups excluding carboxylic acids is 2. The topological polar surface area (TPSA) is 81.7 Å². The van der Waals surface area contributed by atoms with Crippen LogP contribution in [0.4, 0.5) is 0 Å². The van der Waals surface area contributed by atoms with Gasteiger partial charge in [-0.1, -0.05) is 32.6 Å². The fraction of sp³-hybridized carbons (Fsp3) is 0.895. The van der Waals surface area contributed by atoms with Crippen LogP contribution in [0.5, 0.6) is 0 Å². The molecule has 3 fully saturated rings. The molecule has 1 spiro atoms. The van der Waals surface area contributed by atoms with Crippen molar-refractivity contribution in [3.8, 4) is 0 Å². The highest BCUT2D eigenvalue weighted by Gasteiger charge is 2.53. The number of rotatable bonds is 5. The molecule has 0 radical (unpaired) electrons. The van der Waals surface area contributed by atoms with Crippen LogP contribution >= 0.6 is 0 Å². The van der Waals surface area contributed by atoms with Crippen molar-refractivity contribution in [1.29, 1.82) is 0 Å². The Morgan fingerprint density at radius 2 is 1.80 bits per heavy atom. The highest BCUT2D eigenvalue weighted by Crippen LogP contribution is 2.36. The van der Waals surface area contributed by atoms with Crippen molar-refractivity contribution in [2.24, 2.45) is 0 Å². The zero-order chi connectivity index (χ0) is 17.9. The lowest BCUT2D eigenvalue weighted by molar-refractivity contribution is -0.162. The molecule has 0 bridgehead atoms. The van der Waals surface area contributed by atoms with Gasteiger partial charge in [0.2, 0.25) is 11.8 Å². The number of aliphatic hydroxyl groups is 1. The fourth-order valence-electron chi connectivity index (χ4n) is 4.79. The molecule has 3 rings (SSSR count). The molecular formula is C19H33N3O3. The van der Waals surface area contributed by atoms with E-state index in [1.54, 1.807) is 0 Å². The number of amides is 2. The van der Waals surface area contributed by atoms with E-state index in [1.807, 2.05) is 4.90 Å². The standard InChI is InChI=1S/C19H33N3O3/c1-2-3-13-22-16(23)15(14-18(25)7-5-4-6-8-18)21-17(24)19(22)9-11-20-12-10-19/h15,20,25H,2-14H2,1H3,(H,21,24)/t15-/m1/s1. The van der Waals surface area contributed by atoms with Gasteiger partial charge in [0.25, 0.3) is 0 Å². The minimum Gasteiger partial charge on any atom is -0.390 e. The third kappa shape index (κ3) is 3.70. The number of nitrogens with zero attached hydrogens (tertiary/aromatic N) is 1. The van der Waals surface area contributed by atoms with Crippen molar-refractivity contribution in [2.45, 2.75) is 88.3 Å². The van der Waals surface area contributed by atoms with Crippen molar-refractivity contribution in [1.82, 2.24) is 15.5 Å². The van der Waals surface area contributed by atoms with E-state index in [4.69, 9.17) is 0 Å². The van der Waals surface area contributed by atoms with Crippen LogP contribution in [0.3, 0.4) is 0 Å². The summed E-state index contributed by atoms with van der Waals surface area (Å²) in [5.41, 5.74) is -1.50. The van der Waals surface area contributed by atoms with Crippen LogP contribution in [0, 0.1) is 0 Å². The first-order valence-electron chi connectivity index (χ1n) is 10.1. The van der Waals surface area contributed by atoms with Crippen molar-refractivity contribution < 1.29 is 14.7 Å². The first-order valence-corrected chi connectivity index (χ1v) is 10.1. The summed E-state index contributed by atoms with van der Waals surface area (Å²) in [7, 11) is 0. The van der Waals surface area contributed by atoms with Crippen LogP contribution in [0.2, 0.25) is 0 Å². The first-order chi connectivity index (χ1) is 12.0. The minimum atomic E-state index is -0.805. The van der Waals surface area contributed by atoms with E-state index < -0.39 is 17.2 Å². The zero-order valence-corrected chi connectivity index (χ0v) is 15.5. The second-order valence-electron chi connectivity index (χ2n) is 8.14. The zero-order valence-electron chi connectivity index (χ0n) is 15.5. The van der Waals surface area contributed by atoms with Crippen LogP contribution in [0.15, 0.2) is 0 Å². The third-order valence-electron chi connectivity index (χ3n) is 6.34. The predicted molar refractivity (Wildman–Crippen MR) is 96.0 cm³/mol. The molecule has 3 N–H and O–H groups in total. The van der Waals surface area contributed by atoms with Gasteiger partial charge in [-0.2, -0.15) is 0 Å². The monoisotopic (exact) mass is 351 g/mol. The number of hydrogen-bond acceptors (Lipinski definition) is 4. The Labute approximate surface area is 150 Å². The molecule has 2 aliphatic heterocycles. The van der Waals surface area contributed by atoms with Crippen molar-refractivity contribution >= 4 is 11.8 Å². The fourth-order valence-corrected chi connectivity index (χ4v) is 4.79. The highest BCUT2D eigenvalue weighted by molar-refractivity contribution is 6.00. The van der Waals surface area contributed by atoms with Crippen molar-refractivity contribution in [3.05, 3.63) is 0 Å². The van der Waals surface area contributed by atoms with Crippen LogP contribution in [0.25, 0.3) is 0 Å². The third-order valence-corrected chi connectivity index (χ3v) is 6.34. The average molecular weight is 351 g/mol. The van der Waals surface area contributed by atoms with Gasteiger partial charge in [-0.3, -0.25) is 9.59 Å². The van der Waals surface area contributed by atoms with E-state index in [0.29, 0.717) is 25.8 Å². The summed E-state index contributed by atoms with van der Waals surface area (Å²) in [6.07, 6.45) is 8.21. The molecule has 142 valence electrons. The molecular weight excluding hydrogens is 318 g/mol. The minimum absolute atomic E-state index is 0.00829. The molecule has 6 heteroatoms. The van der Waals surface area contributed by atoms with Gasteiger partial charge in [-0.05, 0) is 45.2 Å². The van der Waals surface area contributed by atoms with Gasteiger partial charge in [0.15, 0.2) is 0 Å². The Balaban J connectivity index is 1.79. The van der Waals surface area contributed by atoms with Crippen molar-refractivity contribution in [3.63, 3.8) is 0 Å². The molecule has 0 unspecified atom stereocenters. The maximum Gasteiger partial charge on any atom is 0.246 e. The average Bonchev–Trinajstić information content (AvgIpc) is 2.61. The molecule has 0 aromatic carbocycles. The van der Waals surface area contributed by atoms with Crippen molar-refractivity contribution in [2.75, 3.05) is 19.6 Å². The normalized spacial score (nSPS) is 28.9. The Morgan fingerprint density at radius 3 is 2.44 bits per heavy atom. The van der Waals surface area contributed by atoms with Crippen LogP contribution < -0.4 is 10.6 Å². The summed E-state index contributed by atoms with van der Waals surface area (Å²) in [5, 5.41) is 17.1. The van der Waals surface area contributed by atoms with Crippen LogP contribution in [-0.4, -0.2) is 58.6 Å². The van der Waals surface area contributed by atoms with Gasteiger partial charge >= 0.3 is 0 Å². The summed E-state index contributed by atoms with van der Waals surface area (Å²) in [6.45, 7) is 4.26. The van der Waals surface area contributed by atoms with Gasteiger partial charge in [0.05, 0.1) is 5.60 Å². The van der Waals surface area contributed by atoms with E-state index in [9.17, 15) is 14.7 Å². The van der Waals surface area contributed by atoms with E-state index in [1.165, 1.54) is 0 Å². The number of nitrogens with one attached hydrogen (secondary N) is 2. The maximum atomic E-state index is 13.2. The van der Waals surface area contributed by atoms with Gasteiger partial charge in [0.1, 0.15) is 11.6 Å². The van der Waals surface area contributed by atoms with Gasteiger partial charge in [-0.15, -0.1) is 0 Å². The molecule has 1 saturated carbocycles. The van der Waals surface area contributed by atoms with E-state index in [2.05, 4.69) is 17.6 Å². The molecule has 2 amide bonds. The molecule has 2 heterocycles. The molecule has 3 aliphatic rings. The largest absolute Gasteiger partial charge is 0.390 e. The molecule has 1 aliphatic carbocycles. The first kappa shape index (κ1) is 18.6. The van der Waals surface area contributed by atoms with Crippen LogP contribution in [0.1, 0.15) is 71.1 Å². The maximum absolute atomic E-state index is 13.2. The Bertz CT molecular complexity index is 496. The molecule has 2 saturated heterocycles. The summed E-state index contributed by atoms with van der Waals surface area (Å²) in [6, 6.07) is -0.576. The number of piperazine rings is 1. The summed E-state index contributed by atoms with van der Waals surface area (Å²) in [5.74, 6) is -0.0111. The number of carbonyl (C=O) groups is 2. The lowest BCUT2D eigenvalue weighted by Gasteiger charge is -2.51. The van der Waals surface area contributed by atoms with Gasteiger partial charge in [0, 0.05) is 13.0 Å². The summed E-state index contributed by atoms with van der Waals surface area (Å²) in [4.78, 5) is 28.1. The molecule has 6 nitrogen and oxygen atoms in total. The molecule has 1 atom stereocenters. The van der Waals surface area contributed by atoms with Crippen LogP contribution in [-0.2, 0) is 9.59 Å². The van der Waals surface area contributed by atoms with Gasteiger partial charge < -0.3 is 20.6 Å². The summed E-state index contributed by atoms with van der Waals surface area (Å²) < 4.78 is 0. The van der Waals surface area contributed by atoms with E-state index in [-0.39, 0.29) is 11.8 Å².